The zero-order chi connectivity index (χ0) is 13.9. The zero-order valence-corrected chi connectivity index (χ0v) is 11.5. The average Bonchev–Trinajstić information content (AvgIpc) is 2.88. The number of nitrogens with zero attached hydrogens (tertiary/aromatic N) is 2. The van der Waals surface area contributed by atoms with E-state index in [0.29, 0.717) is 0 Å². The fourth-order valence-corrected chi connectivity index (χ4v) is 2.68. The van der Waals surface area contributed by atoms with Gasteiger partial charge in [0.25, 0.3) is 0 Å². The Morgan fingerprint density at radius 2 is 2.00 bits per heavy atom. The van der Waals surface area contributed by atoms with Crippen molar-refractivity contribution in [3.8, 4) is 11.8 Å². The molecule has 1 aliphatic heterocycles. The normalized spacial score (nSPS) is 13.8. The molecule has 0 atom stereocenters. The lowest BCUT2D eigenvalue weighted by Gasteiger charge is -2.14. The molecule has 1 heterocycles. The fourth-order valence-electron chi connectivity index (χ4n) is 2.68. The van der Waals surface area contributed by atoms with E-state index in [1.165, 1.54) is 16.7 Å². The molecule has 20 heavy (non-hydrogen) atoms. The lowest BCUT2D eigenvalue weighted by Crippen LogP contribution is -2.15. The highest BCUT2D eigenvalue weighted by atomic mass is 16.5. The van der Waals surface area contributed by atoms with Gasteiger partial charge in [-0.3, -0.25) is 4.90 Å². The van der Waals surface area contributed by atoms with Crippen LogP contribution in [0, 0.1) is 11.3 Å². The highest BCUT2D eigenvalue weighted by Crippen LogP contribution is 2.27. The predicted molar refractivity (Wildman–Crippen MR) is 77.1 cm³/mol. The van der Waals surface area contributed by atoms with Crippen LogP contribution in [0.2, 0.25) is 0 Å². The van der Waals surface area contributed by atoms with Gasteiger partial charge in [0.15, 0.2) is 0 Å². The molecule has 0 radical (unpaired) electrons. The summed E-state index contributed by atoms with van der Waals surface area (Å²) in [6.07, 6.45) is 0. The Bertz CT molecular complexity index is 673. The molecule has 0 spiro atoms. The summed E-state index contributed by atoms with van der Waals surface area (Å²) in [5, 5.41) is 8.95. The molecule has 100 valence electrons. The summed E-state index contributed by atoms with van der Waals surface area (Å²) in [5.74, 6) is 0.914. The van der Waals surface area contributed by atoms with E-state index in [0.717, 1.165) is 30.9 Å². The molecule has 1 aliphatic rings. The molecule has 2 aromatic rings. The van der Waals surface area contributed by atoms with Crippen LogP contribution in [-0.2, 0) is 19.6 Å². The van der Waals surface area contributed by atoms with Gasteiger partial charge in [0.05, 0.1) is 18.7 Å². The van der Waals surface area contributed by atoms with Crippen LogP contribution >= 0.6 is 0 Å². The Balaban J connectivity index is 1.74. The molecule has 0 unspecified atom stereocenters. The van der Waals surface area contributed by atoms with Crippen LogP contribution in [0.3, 0.4) is 0 Å². The van der Waals surface area contributed by atoms with E-state index in [-0.39, 0.29) is 0 Å². The third-order valence-corrected chi connectivity index (χ3v) is 3.66. The average molecular weight is 264 g/mol. The SMILES string of the molecule is COc1ccc2c(c1)CN(Cc1cccc(C#N)c1)C2. The fraction of sp³-hybridized carbons (Fsp3) is 0.235. The quantitative estimate of drug-likeness (QED) is 0.854. The second kappa shape index (κ2) is 5.36. The predicted octanol–water partition coefficient (Wildman–Crippen LogP) is 3.08. The molecule has 0 bridgehead atoms. The molecule has 0 amide bonds. The largest absolute Gasteiger partial charge is 0.497 e. The van der Waals surface area contributed by atoms with E-state index < -0.39 is 0 Å². The topological polar surface area (TPSA) is 36.3 Å². The Morgan fingerprint density at radius 3 is 2.80 bits per heavy atom. The van der Waals surface area contributed by atoms with Gasteiger partial charge in [-0.15, -0.1) is 0 Å². The maximum Gasteiger partial charge on any atom is 0.119 e. The molecular weight excluding hydrogens is 248 g/mol. The monoisotopic (exact) mass is 264 g/mol. The minimum atomic E-state index is 0.723. The van der Waals surface area contributed by atoms with E-state index in [9.17, 15) is 0 Å². The maximum absolute atomic E-state index is 8.95. The van der Waals surface area contributed by atoms with Crippen LogP contribution in [0.4, 0.5) is 0 Å². The molecule has 2 aromatic carbocycles. The van der Waals surface area contributed by atoms with Crippen LogP contribution in [0.1, 0.15) is 22.3 Å². The van der Waals surface area contributed by atoms with Crippen molar-refractivity contribution >= 4 is 0 Å². The van der Waals surface area contributed by atoms with Gasteiger partial charge in [-0.25, -0.2) is 0 Å². The number of ether oxygens (including phenoxy) is 1. The summed E-state index contributed by atoms with van der Waals surface area (Å²) in [6, 6.07) is 16.3. The first-order chi connectivity index (χ1) is 9.78. The van der Waals surface area contributed by atoms with E-state index in [1.54, 1.807) is 7.11 Å². The van der Waals surface area contributed by atoms with E-state index in [2.05, 4.69) is 29.2 Å². The zero-order valence-electron chi connectivity index (χ0n) is 11.5. The molecule has 3 rings (SSSR count). The van der Waals surface area contributed by atoms with Crippen molar-refractivity contribution in [1.82, 2.24) is 4.90 Å². The van der Waals surface area contributed by atoms with Gasteiger partial charge in [0.1, 0.15) is 5.75 Å². The summed E-state index contributed by atoms with van der Waals surface area (Å²) in [5.41, 5.74) is 4.60. The Hall–Kier alpha value is -2.31. The summed E-state index contributed by atoms with van der Waals surface area (Å²) < 4.78 is 5.27. The van der Waals surface area contributed by atoms with E-state index in [1.807, 2.05) is 24.3 Å². The Labute approximate surface area is 119 Å². The van der Waals surface area contributed by atoms with Crippen molar-refractivity contribution in [3.05, 3.63) is 64.7 Å². The first-order valence-corrected chi connectivity index (χ1v) is 6.65. The highest BCUT2D eigenvalue weighted by Gasteiger charge is 2.19. The first kappa shape index (κ1) is 12.7. The van der Waals surface area contributed by atoms with Gasteiger partial charge in [-0.2, -0.15) is 5.26 Å². The molecule has 3 heteroatoms. The number of methoxy groups -OCH3 is 1. The Morgan fingerprint density at radius 1 is 1.15 bits per heavy atom. The van der Waals surface area contributed by atoms with Crippen molar-refractivity contribution in [1.29, 1.82) is 5.26 Å². The van der Waals surface area contributed by atoms with E-state index in [4.69, 9.17) is 10.00 Å². The molecule has 0 saturated carbocycles. The lowest BCUT2D eigenvalue weighted by molar-refractivity contribution is 0.275. The van der Waals surface area contributed by atoms with Crippen molar-refractivity contribution in [2.75, 3.05) is 7.11 Å². The number of hydrogen-bond acceptors (Lipinski definition) is 3. The number of fused-ring (bicyclic) bond motifs is 1. The Kier molecular flexibility index (Phi) is 3.41. The van der Waals surface area contributed by atoms with Crippen LogP contribution in [0.25, 0.3) is 0 Å². The maximum atomic E-state index is 8.95. The lowest BCUT2D eigenvalue weighted by atomic mass is 10.1. The van der Waals surface area contributed by atoms with Crippen LogP contribution in [0.5, 0.6) is 5.75 Å². The molecular formula is C17H16N2O. The number of nitriles is 1. The summed E-state index contributed by atoms with van der Waals surface area (Å²) in [6.45, 7) is 2.76. The first-order valence-electron chi connectivity index (χ1n) is 6.65. The van der Waals surface area contributed by atoms with Crippen molar-refractivity contribution < 1.29 is 4.74 Å². The molecule has 3 nitrogen and oxygen atoms in total. The van der Waals surface area contributed by atoms with Gasteiger partial charge >= 0.3 is 0 Å². The van der Waals surface area contributed by atoms with Gasteiger partial charge in [-0.05, 0) is 41.0 Å². The minimum absolute atomic E-state index is 0.723. The van der Waals surface area contributed by atoms with Crippen molar-refractivity contribution in [2.24, 2.45) is 0 Å². The summed E-state index contributed by atoms with van der Waals surface area (Å²) in [4.78, 5) is 2.38. The third-order valence-electron chi connectivity index (χ3n) is 3.66. The van der Waals surface area contributed by atoms with Crippen LogP contribution in [0.15, 0.2) is 42.5 Å². The van der Waals surface area contributed by atoms with Crippen LogP contribution in [-0.4, -0.2) is 12.0 Å². The number of rotatable bonds is 3. The molecule has 0 saturated heterocycles. The van der Waals surface area contributed by atoms with E-state index >= 15 is 0 Å². The van der Waals surface area contributed by atoms with Crippen molar-refractivity contribution in [2.45, 2.75) is 19.6 Å². The van der Waals surface area contributed by atoms with Crippen molar-refractivity contribution in [3.63, 3.8) is 0 Å². The van der Waals surface area contributed by atoms with Gasteiger partial charge in [0.2, 0.25) is 0 Å². The highest BCUT2D eigenvalue weighted by molar-refractivity contribution is 5.38. The van der Waals surface area contributed by atoms with Crippen LogP contribution < -0.4 is 4.74 Å². The second-order valence-corrected chi connectivity index (χ2v) is 5.09. The number of hydrogen-bond donors (Lipinski definition) is 0. The third kappa shape index (κ3) is 2.52. The van der Waals surface area contributed by atoms with Gasteiger partial charge in [-0.1, -0.05) is 18.2 Å². The van der Waals surface area contributed by atoms with Gasteiger partial charge < -0.3 is 4.74 Å². The smallest absolute Gasteiger partial charge is 0.119 e. The van der Waals surface area contributed by atoms with Gasteiger partial charge in [0, 0.05) is 19.6 Å². The molecule has 0 aliphatic carbocycles. The molecule has 0 fully saturated rings. The standard InChI is InChI=1S/C17H16N2O/c1-20-17-6-5-15-11-19(12-16(15)8-17)10-14-4-2-3-13(7-14)9-18/h2-8H,10-12H2,1H3. The molecule has 0 N–H and O–H groups in total. The summed E-state index contributed by atoms with van der Waals surface area (Å²) >= 11 is 0. The minimum Gasteiger partial charge on any atom is -0.497 e. The summed E-state index contributed by atoms with van der Waals surface area (Å²) in [7, 11) is 1.70. The molecule has 0 aromatic heterocycles. The number of benzene rings is 2. The second-order valence-electron chi connectivity index (χ2n) is 5.09.